The lowest BCUT2D eigenvalue weighted by molar-refractivity contribution is 0.429. The quantitative estimate of drug-likeness (QED) is 0.713. The van der Waals surface area contributed by atoms with Gasteiger partial charge >= 0.3 is 0 Å². The number of rotatable bonds is 0. The summed E-state index contributed by atoms with van der Waals surface area (Å²) in [6.07, 6.45) is 0. The highest BCUT2D eigenvalue weighted by Crippen LogP contribution is 2.37. The fourth-order valence-corrected chi connectivity index (χ4v) is 2.99. The Bertz CT molecular complexity index is 549. The Labute approximate surface area is 96.3 Å². The molecule has 1 aromatic heterocycles. The third kappa shape index (κ3) is 1.17. The minimum atomic E-state index is 0.231. The molecule has 1 aromatic carbocycles. The summed E-state index contributed by atoms with van der Waals surface area (Å²) in [7, 11) is 2.17. The summed E-state index contributed by atoms with van der Waals surface area (Å²) < 4.78 is 2.33. The fourth-order valence-electron chi connectivity index (χ4n) is 2.99. The third-order valence-corrected chi connectivity index (χ3v) is 3.76. The summed E-state index contributed by atoms with van der Waals surface area (Å²) in [6.45, 7) is 6.70. The monoisotopic (exact) mass is 214 g/mol. The lowest BCUT2D eigenvalue weighted by Crippen LogP contribution is -2.38. The first-order valence-electron chi connectivity index (χ1n) is 5.89. The molecule has 0 saturated heterocycles. The van der Waals surface area contributed by atoms with Crippen LogP contribution in [0.1, 0.15) is 25.1 Å². The number of fused-ring (bicyclic) bond motifs is 3. The van der Waals surface area contributed by atoms with E-state index in [1.807, 2.05) is 0 Å². The summed E-state index contributed by atoms with van der Waals surface area (Å²) in [5.41, 5.74) is 4.56. The van der Waals surface area contributed by atoms with Crippen molar-refractivity contribution in [1.82, 2.24) is 9.88 Å². The van der Waals surface area contributed by atoms with Crippen LogP contribution in [0.15, 0.2) is 24.3 Å². The van der Waals surface area contributed by atoms with Crippen molar-refractivity contribution in [3.63, 3.8) is 0 Å². The molecule has 2 nitrogen and oxygen atoms in total. The van der Waals surface area contributed by atoms with E-state index in [4.69, 9.17) is 0 Å². The zero-order valence-electron chi connectivity index (χ0n) is 10.2. The van der Waals surface area contributed by atoms with Gasteiger partial charge in [0.1, 0.15) is 0 Å². The molecule has 3 rings (SSSR count). The van der Waals surface area contributed by atoms with E-state index >= 15 is 0 Å². The first-order chi connectivity index (χ1) is 7.61. The Hall–Kier alpha value is -1.28. The summed E-state index contributed by atoms with van der Waals surface area (Å²) in [6, 6.07) is 8.72. The van der Waals surface area contributed by atoms with Gasteiger partial charge in [0.25, 0.3) is 0 Å². The SMILES string of the molecule is Cn1c2c(c3ccccc31)C(C)(C)CNC2. The number of aryl methyl sites for hydroxylation is 1. The van der Waals surface area contributed by atoms with Crippen molar-refractivity contribution in [2.24, 2.45) is 7.05 Å². The van der Waals surface area contributed by atoms with Gasteiger partial charge < -0.3 is 9.88 Å². The van der Waals surface area contributed by atoms with Gasteiger partial charge in [-0.25, -0.2) is 0 Å². The molecular weight excluding hydrogens is 196 g/mol. The van der Waals surface area contributed by atoms with E-state index in [2.05, 4.69) is 55.0 Å². The van der Waals surface area contributed by atoms with Crippen LogP contribution in [0.5, 0.6) is 0 Å². The molecule has 1 aliphatic rings. The molecule has 2 heteroatoms. The number of hydrogen-bond acceptors (Lipinski definition) is 1. The second kappa shape index (κ2) is 3.11. The van der Waals surface area contributed by atoms with Gasteiger partial charge in [-0.1, -0.05) is 32.0 Å². The van der Waals surface area contributed by atoms with Crippen molar-refractivity contribution in [2.45, 2.75) is 25.8 Å². The zero-order valence-corrected chi connectivity index (χ0v) is 10.2. The Morgan fingerprint density at radius 1 is 1.25 bits per heavy atom. The molecule has 0 radical (unpaired) electrons. The lowest BCUT2D eigenvalue weighted by Gasteiger charge is -2.31. The standard InChI is InChI=1S/C14H18N2/c1-14(2)9-15-8-12-13(14)10-6-4-5-7-11(10)16(12)3/h4-7,15H,8-9H2,1-3H3. The number of nitrogens with zero attached hydrogens (tertiary/aromatic N) is 1. The van der Waals surface area contributed by atoms with Gasteiger partial charge in [-0.15, -0.1) is 0 Å². The summed E-state index contributed by atoms with van der Waals surface area (Å²) in [5, 5.41) is 4.93. The Kier molecular flexibility index (Phi) is 1.93. The molecule has 0 spiro atoms. The predicted molar refractivity (Wildman–Crippen MR) is 67.7 cm³/mol. The van der Waals surface area contributed by atoms with E-state index in [0.717, 1.165) is 13.1 Å². The van der Waals surface area contributed by atoms with Crippen LogP contribution in [0, 0.1) is 0 Å². The molecule has 0 aliphatic carbocycles. The molecule has 16 heavy (non-hydrogen) atoms. The Balaban J connectivity index is 2.44. The van der Waals surface area contributed by atoms with Gasteiger partial charge in [0.05, 0.1) is 0 Å². The highest BCUT2D eigenvalue weighted by molar-refractivity contribution is 5.87. The van der Waals surface area contributed by atoms with Gasteiger partial charge in [-0.05, 0) is 11.6 Å². The van der Waals surface area contributed by atoms with Crippen LogP contribution < -0.4 is 5.32 Å². The van der Waals surface area contributed by atoms with Crippen molar-refractivity contribution < 1.29 is 0 Å². The van der Waals surface area contributed by atoms with Crippen molar-refractivity contribution in [2.75, 3.05) is 6.54 Å². The Morgan fingerprint density at radius 2 is 2.00 bits per heavy atom. The maximum Gasteiger partial charge on any atom is 0.0483 e. The van der Waals surface area contributed by atoms with Gasteiger partial charge in [-0.2, -0.15) is 0 Å². The first-order valence-corrected chi connectivity index (χ1v) is 5.89. The molecule has 0 bridgehead atoms. The molecule has 0 atom stereocenters. The number of aromatic nitrogens is 1. The van der Waals surface area contributed by atoms with Crippen molar-refractivity contribution in [1.29, 1.82) is 0 Å². The minimum Gasteiger partial charge on any atom is -0.346 e. The molecule has 84 valence electrons. The predicted octanol–water partition coefficient (Wildman–Crippen LogP) is 2.56. The van der Waals surface area contributed by atoms with Crippen LogP contribution in [0.2, 0.25) is 0 Å². The summed E-state index contributed by atoms with van der Waals surface area (Å²) in [5.74, 6) is 0. The van der Waals surface area contributed by atoms with E-state index < -0.39 is 0 Å². The Morgan fingerprint density at radius 3 is 2.81 bits per heavy atom. The van der Waals surface area contributed by atoms with Crippen molar-refractivity contribution in [3.8, 4) is 0 Å². The molecule has 0 saturated carbocycles. The average molecular weight is 214 g/mol. The highest BCUT2D eigenvalue weighted by atomic mass is 15.0. The summed E-state index contributed by atoms with van der Waals surface area (Å²) in [4.78, 5) is 0. The van der Waals surface area contributed by atoms with Gasteiger partial charge in [0.15, 0.2) is 0 Å². The normalized spacial score (nSPS) is 18.7. The fraction of sp³-hybridized carbons (Fsp3) is 0.429. The molecule has 0 unspecified atom stereocenters. The van der Waals surface area contributed by atoms with Gasteiger partial charge in [-0.3, -0.25) is 0 Å². The van der Waals surface area contributed by atoms with Crippen LogP contribution in [-0.2, 0) is 19.0 Å². The maximum absolute atomic E-state index is 3.51. The molecule has 0 amide bonds. The number of para-hydroxylation sites is 1. The van der Waals surface area contributed by atoms with E-state index in [0.29, 0.717) is 0 Å². The van der Waals surface area contributed by atoms with E-state index in [-0.39, 0.29) is 5.41 Å². The second-order valence-corrected chi connectivity index (χ2v) is 5.39. The van der Waals surface area contributed by atoms with E-state index in [1.165, 1.54) is 22.2 Å². The van der Waals surface area contributed by atoms with Crippen molar-refractivity contribution >= 4 is 10.9 Å². The molecule has 1 N–H and O–H groups in total. The molecule has 2 heterocycles. The summed E-state index contributed by atoms with van der Waals surface area (Å²) >= 11 is 0. The molecule has 2 aromatic rings. The smallest absolute Gasteiger partial charge is 0.0483 e. The van der Waals surface area contributed by atoms with Crippen LogP contribution in [0.4, 0.5) is 0 Å². The number of benzene rings is 1. The molecule has 0 fully saturated rings. The lowest BCUT2D eigenvalue weighted by atomic mass is 9.80. The topological polar surface area (TPSA) is 17.0 Å². The largest absolute Gasteiger partial charge is 0.346 e. The zero-order chi connectivity index (χ0) is 11.3. The first kappa shape index (κ1) is 9.91. The minimum absolute atomic E-state index is 0.231. The van der Waals surface area contributed by atoms with Crippen LogP contribution in [0.3, 0.4) is 0 Å². The third-order valence-electron chi connectivity index (χ3n) is 3.76. The van der Waals surface area contributed by atoms with Gasteiger partial charge in [0.2, 0.25) is 0 Å². The van der Waals surface area contributed by atoms with Crippen LogP contribution >= 0.6 is 0 Å². The molecular formula is C14H18N2. The molecule has 1 aliphatic heterocycles. The van der Waals surface area contributed by atoms with Gasteiger partial charge in [0, 0.05) is 42.1 Å². The van der Waals surface area contributed by atoms with Crippen LogP contribution in [0.25, 0.3) is 10.9 Å². The van der Waals surface area contributed by atoms with Crippen molar-refractivity contribution in [3.05, 3.63) is 35.5 Å². The number of nitrogens with one attached hydrogen (secondary N) is 1. The maximum atomic E-state index is 3.51. The van der Waals surface area contributed by atoms with E-state index in [9.17, 15) is 0 Å². The second-order valence-electron chi connectivity index (χ2n) is 5.39. The average Bonchev–Trinajstić information content (AvgIpc) is 2.54. The van der Waals surface area contributed by atoms with Crippen LogP contribution in [-0.4, -0.2) is 11.1 Å². The highest BCUT2D eigenvalue weighted by Gasteiger charge is 2.31. The van der Waals surface area contributed by atoms with E-state index in [1.54, 1.807) is 0 Å². The number of hydrogen-bond donors (Lipinski definition) is 1.